The van der Waals surface area contributed by atoms with Crippen LogP contribution in [0.3, 0.4) is 0 Å². The van der Waals surface area contributed by atoms with E-state index in [2.05, 4.69) is 5.32 Å². The van der Waals surface area contributed by atoms with Gasteiger partial charge in [0.2, 0.25) is 15.9 Å². The highest BCUT2D eigenvalue weighted by molar-refractivity contribution is 7.89. The van der Waals surface area contributed by atoms with E-state index in [0.717, 1.165) is 5.56 Å². The van der Waals surface area contributed by atoms with Crippen molar-refractivity contribution in [3.05, 3.63) is 65.2 Å². The van der Waals surface area contributed by atoms with Gasteiger partial charge in [-0.05, 0) is 29.8 Å². The number of hydrogen-bond donors (Lipinski definition) is 1. The maximum absolute atomic E-state index is 12.7. The Bertz CT molecular complexity index is 939. The molecule has 3 rings (SSSR count). The molecular weight excluding hydrogens is 388 g/mol. The van der Waals surface area contributed by atoms with E-state index in [1.165, 1.54) is 28.6 Å². The largest absolute Gasteiger partial charge is 0.379 e. The van der Waals surface area contributed by atoms with Gasteiger partial charge < -0.3 is 10.1 Å². The second-order valence-electron chi connectivity index (χ2n) is 5.89. The number of carbonyl (C=O) groups is 1. The van der Waals surface area contributed by atoms with Crippen LogP contribution in [0.1, 0.15) is 5.56 Å². The van der Waals surface area contributed by atoms with Gasteiger partial charge in [0.05, 0.1) is 28.8 Å². The van der Waals surface area contributed by atoms with Crippen LogP contribution in [0.25, 0.3) is 6.08 Å². The van der Waals surface area contributed by atoms with Crippen LogP contribution in [0.2, 0.25) is 5.02 Å². The van der Waals surface area contributed by atoms with Gasteiger partial charge in [-0.3, -0.25) is 4.79 Å². The normalized spacial score (nSPS) is 15.7. The number of morpholine rings is 1. The number of ether oxygens (including phenoxy) is 1. The van der Waals surface area contributed by atoms with Crippen molar-refractivity contribution >= 4 is 39.3 Å². The van der Waals surface area contributed by atoms with Crippen LogP contribution in [0, 0.1) is 0 Å². The number of benzene rings is 2. The summed E-state index contributed by atoms with van der Waals surface area (Å²) < 4.78 is 32.1. The van der Waals surface area contributed by atoms with Gasteiger partial charge in [0.1, 0.15) is 0 Å². The van der Waals surface area contributed by atoms with Crippen LogP contribution in [0.5, 0.6) is 0 Å². The van der Waals surface area contributed by atoms with Gasteiger partial charge in [-0.2, -0.15) is 4.31 Å². The van der Waals surface area contributed by atoms with Gasteiger partial charge in [-0.15, -0.1) is 0 Å². The minimum Gasteiger partial charge on any atom is -0.379 e. The zero-order chi connectivity index (χ0) is 19.3. The van der Waals surface area contributed by atoms with Crippen molar-refractivity contribution in [3.63, 3.8) is 0 Å². The lowest BCUT2D eigenvalue weighted by atomic mass is 10.2. The molecule has 1 aliphatic heterocycles. The van der Waals surface area contributed by atoms with E-state index in [0.29, 0.717) is 26.3 Å². The van der Waals surface area contributed by atoms with Crippen LogP contribution < -0.4 is 5.32 Å². The third-order valence-electron chi connectivity index (χ3n) is 4.03. The molecule has 0 spiro atoms. The average molecular weight is 407 g/mol. The van der Waals surface area contributed by atoms with E-state index in [9.17, 15) is 13.2 Å². The summed E-state index contributed by atoms with van der Waals surface area (Å²) in [6, 6.07) is 13.6. The Morgan fingerprint density at radius 3 is 2.52 bits per heavy atom. The van der Waals surface area contributed by atoms with Gasteiger partial charge in [0.15, 0.2) is 0 Å². The SMILES string of the molecule is O=C(/C=C/c1ccccc1)Nc1cc(S(=O)(=O)N2CCOCC2)ccc1Cl. The van der Waals surface area contributed by atoms with Crippen molar-refractivity contribution in [1.29, 1.82) is 0 Å². The van der Waals surface area contributed by atoms with Gasteiger partial charge >= 0.3 is 0 Å². The molecule has 8 heteroatoms. The summed E-state index contributed by atoms with van der Waals surface area (Å²) in [7, 11) is -3.67. The van der Waals surface area contributed by atoms with Crippen LogP contribution in [-0.2, 0) is 19.6 Å². The topological polar surface area (TPSA) is 75.7 Å². The molecule has 2 aromatic rings. The molecule has 1 aliphatic rings. The Kier molecular flexibility index (Phi) is 6.28. The molecule has 27 heavy (non-hydrogen) atoms. The average Bonchev–Trinajstić information content (AvgIpc) is 2.69. The summed E-state index contributed by atoms with van der Waals surface area (Å²) >= 11 is 6.13. The zero-order valence-electron chi connectivity index (χ0n) is 14.5. The van der Waals surface area contributed by atoms with Crippen molar-refractivity contribution in [3.8, 4) is 0 Å². The second-order valence-corrected chi connectivity index (χ2v) is 8.24. The third-order valence-corrected chi connectivity index (χ3v) is 6.25. The quantitative estimate of drug-likeness (QED) is 0.774. The summed E-state index contributed by atoms with van der Waals surface area (Å²) in [4.78, 5) is 12.2. The fraction of sp³-hybridized carbons (Fsp3) is 0.211. The number of nitrogens with one attached hydrogen (secondary N) is 1. The minimum absolute atomic E-state index is 0.0798. The number of halogens is 1. The number of anilines is 1. The van der Waals surface area contributed by atoms with Gasteiger partial charge in [0.25, 0.3) is 0 Å². The molecule has 0 atom stereocenters. The molecule has 0 bridgehead atoms. The number of sulfonamides is 1. The first-order chi connectivity index (χ1) is 13.0. The van der Waals surface area contributed by atoms with Crippen molar-refractivity contribution < 1.29 is 17.9 Å². The predicted molar refractivity (Wildman–Crippen MR) is 105 cm³/mol. The smallest absolute Gasteiger partial charge is 0.248 e. The first-order valence-corrected chi connectivity index (χ1v) is 10.2. The summed E-state index contributed by atoms with van der Waals surface area (Å²) in [5.41, 5.74) is 1.12. The van der Waals surface area contributed by atoms with Crippen molar-refractivity contribution in [2.45, 2.75) is 4.90 Å². The Hall–Kier alpha value is -2.19. The lowest BCUT2D eigenvalue weighted by Gasteiger charge is -2.26. The standard InChI is InChI=1S/C19H19ClN2O4S/c20-17-8-7-16(27(24,25)22-10-12-26-13-11-22)14-18(17)21-19(23)9-6-15-4-2-1-3-5-15/h1-9,14H,10-13H2,(H,21,23)/b9-6+. The van der Waals surface area contributed by atoms with Crippen LogP contribution >= 0.6 is 11.6 Å². The number of amides is 1. The fourth-order valence-corrected chi connectivity index (χ4v) is 4.21. The molecule has 2 aromatic carbocycles. The maximum Gasteiger partial charge on any atom is 0.248 e. The summed E-state index contributed by atoms with van der Waals surface area (Å²) in [5, 5.41) is 2.89. The van der Waals surface area contributed by atoms with Gasteiger partial charge in [-0.1, -0.05) is 41.9 Å². The molecule has 1 saturated heterocycles. The molecule has 0 aromatic heterocycles. The Morgan fingerprint density at radius 2 is 1.81 bits per heavy atom. The molecule has 6 nitrogen and oxygen atoms in total. The van der Waals surface area contributed by atoms with Gasteiger partial charge in [-0.25, -0.2) is 8.42 Å². The molecule has 0 radical (unpaired) electrons. The second kappa shape index (κ2) is 8.67. The summed E-state index contributed by atoms with van der Waals surface area (Å²) in [6.45, 7) is 1.32. The van der Waals surface area contributed by atoms with Crippen LogP contribution in [0.4, 0.5) is 5.69 Å². The van der Waals surface area contributed by atoms with E-state index in [4.69, 9.17) is 16.3 Å². The zero-order valence-corrected chi connectivity index (χ0v) is 16.0. The molecule has 1 heterocycles. The number of rotatable bonds is 5. The molecule has 0 saturated carbocycles. The first-order valence-electron chi connectivity index (χ1n) is 8.38. The van der Waals surface area contributed by atoms with Crippen molar-refractivity contribution in [2.24, 2.45) is 0 Å². The highest BCUT2D eigenvalue weighted by Crippen LogP contribution is 2.27. The molecular formula is C19H19ClN2O4S. The Labute approximate surface area is 163 Å². The Morgan fingerprint density at radius 1 is 1.11 bits per heavy atom. The third kappa shape index (κ3) is 4.95. The lowest BCUT2D eigenvalue weighted by molar-refractivity contribution is -0.111. The molecule has 0 aliphatic carbocycles. The summed E-state index contributed by atoms with van der Waals surface area (Å²) in [5.74, 6) is -0.401. The highest BCUT2D eigenvalue weighted by Gasteiger charge is 2.27. The maximum atomic E-state index is 12.7. The number of hydrogen-bond acceptors (Lipinski definition) is 4. The molecule has 0 unspecified atom stereocenters. The monoisotopic (exact) mass is 406 g/mol. The Balaban J connectivity index is 1.77. The van der Waals surface area contributed by atoms with Crippen LogP contribution in [-0.4, -0.2) is 44.9 Å². The number of nitrogens with zero attached hydrogens (tertiary/aromatic N) is 1. The minimum atomic E-state index is -3.67. The number of carbonyl (C=O) groups excluding carboxylic acids is 1. The first kappa shape index (κ1) is 19.6. The fourth-order valence-electron chi connectivity index (χ4n) is 2.61. The molecule has 1 N–H and O–H groups in total. The lowest BCUT2D eigenvalue weighted by Crippen LogP contribution is -2.40. The molecule has 1 amide bonds. The van der Waals surface area contributed by atoms with E-state index < -0.39 is 15.9 Å². The molecule has 1 fully saturated rings. The van der Waals surface area contributed by atoms with Gasteiger partial charge in [0, 0.05) is 19.2 Å². The van der Waals surface area contributed by atoms with E-state index in [1.807, 2.05) is 30.3 Å². The predicted octanol–water partition coefficient (Wildman–Crippen LogP) is 3.01. The van der Waals surface area contributed by atoms with E-state index in [1.54, 1.807) is 6.08 Å². The van der Waals surface area contributed by atoms with E-state index in [-0.39, 0.29) is 15.6 Å². The molecule has 142 valence electrons. The highest BCUT2D eigenvalue weighted by atomic mass is 35.5. The van der Waals surface area contributed by atoms with Crippen molar-refractivity contribution in [1.82, 2.24) is 4.31 Å². The van der Waals surface area contributed by atoms with Crippen molar-refractivity contribution in [2.75, 3.05) is 31.6 Å². The van der Waals surface area contributed by atoms with Crippen LogP contribution in [0.15, 0.2) is 59.5 Å². The summed E-state index contributed by atoms with van der Waals surface area (Å²) in [6.07, 6.45) is 3.03. The van der Waals surface area contributed by atoms with E-state index >= 15 is 0 Å².